The van der Waals surface area contributed by atoms with Gasteiger partial charge in [0.05, 0.1) is 21.1 Å². The highest BCUT2D eigenvalue weighted by atomic mass is 35.5. The van der Waals surface area contributed by atoms with Crippen molar-refractivity contribution < 1.29 is 0 Å². The van der Waals surface area contributed by atoms with Gasteiger partial charge in [0.15, 0.2) is 0 Å². The van der Waals surface area contributed by atoms with Gasteiger partial charge in [-0.05, 0) is 49.6 Å². The second kappa shape index (κ2) is 8.79. The fourth-order valence-electron chi connectivity index (χ4n) is 3.33. The van der Waals surface area contributed by atoms with E-state index in [0.29, 0.717) is 10.0 Å². The van der Waals surface area contributed by atoms with Crippen LogP contribution in [0, 0.1) is 0 Å². The third kappa shape index (κ3) is 4.33. The van der Waals surface area contributed by atoms with Crippen molar-refractivity contribution in [2.75, 3.05) is 18.0 Å². The molecule has 5 heteroatoms. The molecule has 1 heterocycles. The van der Waals surface area contributed by atoms with Crippen molar-refractivity contribution >= 4 is 39.9 Å². The van der Waals surface area contributed by atoms with E-state index in [4.69, 9.17) is 28.2 Å². The van der Waals surface area contributed by atoms with Crippen LogP contribution in [0.5, 0.6) is 0 Å². The number of imidazole rings is 1. The summed E-state index contributed by atoms with van der Waals surface area (Å²) in [5, 5.41) is 1.22. The van der Waals surface area contributed by atoms with Crippen LogP contribution < -0.4 is 4.90 Å². The number of para-hydroxylation sites is 2. The topological polar surface area (TPSA) is 21.1 Å². The summed E-state index contributed by atoms with van der Waals surface area (Å²) in [6, 6.07) is 14.2. The number of unbranched alkanes of at least 4 members (excludes halogenated alkanes) is 1. The van der Waals surface area contributed by atoms with E-state index in [0.717, 1.165) is 55.8 Å². The van der Waals surface area contributed by atoms with Gasteiger partial charge in [0.1, 0.15) is 5.82 Å². The molecular formula is C21H25Cl2N3. The predicted octanol–water partition coefficient (Wildman–Crippen LogP) is 6.12. The first-order valence-corrected chi connectivity index (χ1v) is 9.96. The Morgan fingerprint density at radius 3 is 2.54 bits per heavy atom. The van der Waals surface area contributed by atoms with Crippen molar-refractivity contribution in [3.63, 3.8) is 0 Å². The molecular weight excluding hydrogens is 365 g/mol. The van der Waals surface area contributed by atoms with Gasteiger partial charge in [-0.3, -0.25) is 0 Å². The molecule has 3 rings (SSSR count). The van der Waals surface area contributed by atoms with E-state index in [1.165, 1.54) is 5.52 Å². The second-order valence-electron chi connectivity index (χ2n) is 6.62. The number of hydrogen-bond acceptors (Lipinski definition) is 2. The maximum Gasteiger partial charge on any atom is 0.109 e. The molecule has 3 aromatic rings. The van der Waals surface area contributed by atoms with Crippen LogP contribution in [-0.2, 0) is 13.5 Å². The molecule has 2 aromatic carbocycles. The monoisotopic (exact) mass is 389 g/mol. The Balaban J connectivity index is 1.59. The summed E-state index contributed by atoms with van der Waals surface area (Å²) in [7, 11) is 2.10. The third-order valence-electron chi connectivity index (χ3n) is 4.72. The molecule has 0 spiro atoms. The SMILES string of the molecule is CCCN(CCCCc1nc2ccccc2n1C)c1ccc(Cl)c(Cl)c1. The van der Waals surface area contributed by atoms with Gasteiger partial charge in [-0.2, -0.15) is 0 Å². The molecule has 0 aliphatic carbocycles. The van der Waals surface area contributed by atoms with Gasteiger partial charge in [-0.15, -0.1) is 0 Å². The minimum absolute atomic E-state index is 0.605. The molecule has 0 aliphatic heterocycles. The van der Waals surface area contributed by atoms with Gasteiger partial charge < -0.3 is 9.47 Å². The lowest BCUT2D eigenvalue weighted by Crippen LogP contribution is -2.25. The Kier molecular flexibility index (Phi) is 6.44. The summed E-state index contributed by atoms with van der Waals surface area (Å²) in [4.78, 5) is 7.15. The highest BCUT2D eigenvalue weighted by molar-refractivity contribution is 6.42. The number of halogens is 2. The van der Waals surface area contributed by atoms with Crippen LogP contribution >= 0.6 is 23.2 Å². The first-order valence-electron chi connectivity index (χ1n) is 9.20. The minimum Gasteiger partial charge on any atom is -0.372 e. The summed E-state index contributed by atoms with van der Waals surface area (Å²) in [5.74, 6) is 1.16. The van der Waals surface area contributed by atoms with Crippen LogP contribution in [0.4, 0.5) is 5.69 Å². The van der Waals surface area contributed by atoms with E-state index in [-0.39, 0.29) is 0 Å². The highest BCUT2D eigenvalue weighted by Gasteiger charge is 2.10. The Morgan fingerprint density at radius 1 is 1.00 bits per heavy atom. The van der Waals surface area contributed by atoms with Gasteiger partial charge in [-0.25, -0.2) is 4.98 Å². The smallest absolute Gasteiger partial charge is 0.109 e. The maximum atomic E-state index is 6.19. The fraction of sp³-hybridized carbons (Fsp3) is 0.381. The van der Waals surface area contributed by atoms with E-state index in [9.17, 15) is 0 Å². The first-order chi connectivity index (χ1) is 12.6. The van der Waals surface area contributed by atoms with E-state index in [2.05, 4.69) is 47.7 Å². The summed E-state index contributed by atoms with van der Waals surface area (Å²) in [5.41, 5.74) is 3.42. The summed E-state index contributed by atoms with van der Waals surface area (Å²) >= 11 is 12.2. The molecule has 0 atom stereocenters. The molecule has 0 amide bonds. The van der Waals surface area contributed by atoms with Crippen molar-refractivity contribution in [2.24, 2.45) is 7.05 Å². The number of hydrogen-bond donors (Lipinski definition) is 0. The van der Waals surface area contributed by atoms with Crippen molar-refractivity contribution in [2.45, 2.75) is 32.6 Å². The minimum atomic E-state index is 0.605. The van der Waals surface area contributed by atoms with E-state index < -0.39 is 0 Å². The largest absolute Gasteiger partial charge is 0.372 e. The van der Waals surface area contributed by atoms with E-state index >= 15 is 0 Å². The quantitative estimate of drug-likeness (QED) is 0.432. The van der Waals surface area contributed by atoms with Crippen LogP contribution in [-0.4, -0.2) is 22.6 Å². The molecule has 0 saturated carbocycles. The van der Waals surface area contributed by atoms with Crippen LogP contribution in [0.15, 0.2) is 42.5 Å². The first kappa shape index (κ1) is 19.1. The Hall–Kier alpha value is -1.71. The highest BCUT2D eigenvalue weighted by Crippen LogP contribution is 2.27. The van der Waals surface area contributed by atoms with Crippen LogP contribution in [0.25, 0.3) is 11.0 Å². The molecule has 0 N–H and O–H groups in total. The third-order valence-corrected chi connectivity index (χ3v) is 5.46. The molecule has 26 heavy (non-hydrogen) atoms. The average Bonchev–Trinajstić information content (AvgIpc) is 2.96. The number of aryl methyl sites for hydroxylation is 2. The van der Waals surface area contributed by atoms with E-state index in [1.807, 2.05) is 18.2 Å². The predicted molar refractivity (Wildman–Crippen MR) is 113 cm³/mol. The summed E-state index contributed by atoms with van der Waals surface area (Å²) < 4.78 is 2.21. The lowest BCUT2D eigenvalue weighted by Gasteiger charge is -2.24. The number of rotatable bonds is 8. The Morgan fingerprint density at radius 2 is 1.81 bits per heavy atom. The van der Waals surface area contributed by atoms with Gasteiger partial charge in [0, 0.05) is 32.2 Å². The number of aromatic nitrogens is 2. The Labute approximate surface area is 165 Å². The van der Waals surface area contributed by atoms with Crippen molar-refractivity contribution in [3.8, 4) is 0 Å². The molecule has 0 unspecified atom stereocenters. The molecule has 0 fully saturated rings. The van der Waals surface area contributed by atoms with Gasteiger partial charge >= 0.3 is 0 Å². The average molecular weight is 390 g/mol. The number of benzene rings is 2. The zero-order valence-corrected chi connectivity index (χ0v) is 16.9. The number of fused-ring (bicyclic) bond motifs is 1. The fourth-order valence-corrected chi connectivity index (χ4v) is 3.62. The van der Waals surface area contributed by atoms with Gasteiger partial charge in [-0.1, -0.05) is 42.3 Å². The Bertz CT molecular complexity index is 873. The lowest BCUT2D eigenvalue weighted by atomic mass is 10.2. The van der Waals surface area contributed by atoms with Gasteiger partial charge in [0.2, 0.25) is 0 Å². The molecule has 1 aromatic heterocycles. The van der Waals surface area contributed by atoms with Gasteiger partial charge in [0.25, 0.3) is 0 Å². The zero-order chi connectivity index (χ0) is 18.5. The second-order valence-corrected chi connectivity index (χ2v) is 7.43. The molecule has 0 aliphatic rings. The molecule has 0 bridgehead atoms. The van der Waals surface area contributed by atoms with Crippen molar-refractivity contribution in [3.05, 3.63) is 58.3 Å². The lowest BCUT2D eigenvalue weighted by molar-refractivity contribution is 0.654. The van der Waals surface area contributed by atoms with Crippen LogP contribution in [0.1, 0.15) is 32.0 Å². The maximum absolute atomic E-state index is 6.19. The van der Waals surface area contributed by atoms with E-state index in [1.54, 1.807) is 0 Å². The zero-order valence-electron chi connectivity index (χ0n) is 15.4. The normalized spacial score (nSPS) is 11.2. The van der Waals surface area contributed by atoms with Crippen LogP contribution in [0.2, 0.25) is 10.0 Å². The van der Waals surface area contributed by atoms with Crippen molar-refractivity contribution in [1.82, 2.24) is 9.55 Å². The standard InChI is InChI=1S/C21H25Cl2N3/c1-3-13-26(16-11-12-17(22)18(23)15-16)14-7-6-10-21-24-19-8-4-5-9-20(19)25(21)2/h4-5,8-9,11-12,15H,3,6-7,10,13-14H2,1-2H3. The number of anilines is 1. The number of nitrogens with zero attached hydrogens (tertiary/aromatic N) is 3. The van der Waals surface area contributed by atoms with Crippen molar-refractivity contribution in [1.29, 1.82) is 0 Å². The molecule has 3 nitrogen and oxygen atoms in total. The van der Waals surface area contributed by atoms with Crippen LogP contribution in [0.3, 0.4) is 0 Å². The molecule has 0 radical (unpaired) electrons. The molecule has 138 valence electrons. The summed E-state index contributed by atoms with van der Waals surface area (Å²) in [6.07, 6.45) is 4.32. The summed E-state index contributed by atoms with van der Waals surface area (Å²) in [6.45, 7) is 4.23. The molecule has 0 saturated heterocycles.